The van der Waals surface area contributed by atoms with Crippen LogP contribution in [0.3, 0.4) is 0 Å². The number of benzene rings is 3. The lowest BCUT2D eigenvalue weighted by atomic mass is 10.2. The minimum atomic E-state index is -0.0571. The maximum Gasteiger partial charge on any atom is 0.120 e. The first-order valence-corrected chi connectivity index (χ1v) is 11.6. The molecule has 3 rings (SSSR count). The van der Waals surface area contributed by atoms with Crippen molar-refractivity contribution < 1.29 is 15.3 Å². The van der Waals surface area contributed by atoms with Gasteiger partial charge in [-0.3, -0.25) is 20.9 Å². The molecule has 3 aromatic rings. The van der Waals surface area contributed by atoms with E-state index < -0.39 is 0 Å². The Morgan fingerprint density at radius 3 is 1.06 bits per heavy atom. The van der Waals surface area contributed by atoms with Crippen LogP contribution in [-0.2, 0) is 19.6 Å². The number of halogens is 1. The van der Waals surface area contributed by atoms with Gasteiger partial charge in [-0.05, 0) is 39.0 Å². The van der Waals surface area contributed by atoms with E-state index in [1.165, 1.54) is 0 Å². The van der Waals surface area contributed by atoms with Gasteiger partial charge in [0, 0.05) is 36.3 Å². The summed E-state index contributed by atoms with van der Waals surface area (Å²) in [5.74, 6) is 0.806. The van der Waals surface area contributed by atoms with Gasteiger partial charge in [-0.15, -0.1) is 12.4 Å². The van der Waals surface area contributed by atoms with Gasteiger partial charge >= 0.3 is 0 Å². The number of para-hydroxylation sites is 3. The van der Waals surface area contributed by atoms with Gasteiger partial charge in [-0.2, -0.15) is 0 Å². The van der Waals surface area contributed by atoms with Gasteiger partial charge in [0.05, 0.1) is 18.5 Å². The molecule has 3 aromatic carbocycles. The highest BCUT2D eigenvalue weighted by molar-refractivity contribution is 5.85. The van der Waals surface area contributed by atoms with Gasteiger partial charge in [0.15, 0.2) is 0 Å². The summed E-state index contributed by atoms with van der Waals surface area (Å²) in [5, 5.41) is 40.9. The largest absolute Gasteiger partial charge is 0.508 e. The predicted molar refractivity (Wildman–Crippen MR) is 142 cm³/mol. The molecule has 190 valence electrons. The summed E-state index contributed by atoms with van der Waals surface area (Å²) in [5.41, 5.74) is 2.50. The molecule has 3 unspecified atom stereocenters. The second-order valence-corrected chi connectivity index (χ2v) is 8.50. The van der Waals surface area contributed by atoms with Crippen LogP contribution in [0.4, 0.5) is 0 Å². The van der Waals surface area contributed by atoms with Crippen molar-refractivity contribution in [3.05, 3.63) is 89.5 Å². The zero-order valence-electron chi connectivity index (χ0n) is 20.5. The van der Waals surface area contributed by atoms with Crippen LogP contribution in [0.2, 0.25) is 0 Å². The smallest absolute Gasteiger partial charge is 0.120 e. The molecule has 3 atom stereocenters. The van der Waals surface area contributed by atoms with Crippen molar-refractivity contribution in [2.45, 2.75) is 58.9 Å². The summed E-state index contributed by atoms with van der Waals surface area (Å²) in [7, 11) is 0. The number of nitrogens with one attached hydrogen (secondary N) is 3. The van der Waals surface area contributed by atoms with E-state index in [9.17, 15) is 15.3 Å². The normalized spacial score (nSPS) is 13.7. The summed E-state index contributed by atoms with van der Waals surface area (Å²) in [6.45, 7) is 7.79. The number of hydrogen-bond acceptors (Lipinski definition) is 7. The van der Waals surface area contributed by atoms with Crippen LogP contribution in [0.5, 0.6) is 17.2 Å². The lowest BCUT2D eigenvalue weighted by molar-refractivity contribution is 0.0472. The minimum absolute atomic E-state index is 0. The molecule has 0 amide bonds. The summed E-state index contributed by atoms with van der Waals surface area (Å²) in [6.07, 6.45) is -0.171. The Kier molecular flexibility index (Phi) is 11.3. The Bertz CT molecular complexity index is 920. The van der Waals surface area contributed by atoms with Crippen LogP contribution in [0.15, 0.2) is 72.8 Å². The molecule has 7 nitrogen and oxygen atoms in total. The Hall–Kier alpha value is -2.81. The van der Waals surface area contributed by atoms with E-state index in [0.29, 0.717) is 19.6 Å². The quantitative estimate of drug-likeness (QED) is 0.207. The SMILES string of the molecule is CC(NCc1ccccc1O)N(C(C)NCc1ccccc1O)C(C)NCc1ccccc1O.Cl. The molecule has 0 saturated heterocycles. The van der Waals surface area contributed by atoms with Crippen LogP contribution in [0.25, 0.3) is 0 Å². The molecule has 0 heterocycles. The highest BCUT2D eigenvalue weighted by Gasteiger charge is 2.25. The number of aromatic hydroxyl groups is 3. The zero-order chi connectivity index (χ0) is 24.5. The number of phenolic OH excluding ortho intramolecular Hbond substituents is 3. The monoisotopic (exact) mass is 500 g/mol. The lowest BCUT2D eigenvalue weighted by Crippen LogP contribution is -2.60. The molecule has 0 saturated carbocycles. The number of nitrogens with zero attached hydrogens (tertiary/aromatic N) is 1. The fourth-order valence-corrected chi connectivity index (χ4v) is 4.08. The summed E-state index contributed by atoms with van der Waals surface area (Å²) < 4.78 is 0. The van der Waals surface area contributed by atoms with Gasteiger partial charge in [-0.25, -0.2) is 0 Å². The zero-order valence-corrected chi connectivity index (χ0v) is 21.3. The first kappa shape index (κ1) is 28.4. The van der Waals surface area contributed by atoms with Crippen molar-refractivity contribution >= 4 is 12.4 Å². The van der Waals surface area contributed by atoms with E-state index in [1.54, 1.807) is 18.2 Å². The molecule has 0 bridgehead atoms. The molecule has 8 heteroatoms. The average Bonchev–Trinajstić information content (AvgIpc) is 2.82. The molecule has 0 aromatic heterocycles. The molecule has 0 radical (unpaired) electrons. The first-order chi connectivity index (χ1) is 16.4. The van der Waals surface area contributed by atoms with Crippen molar-refractivity contribution in [1.29, 1.82) is 0 Å². The Morgan fingerprint density at radius 2 is 0.800 bits per heavy atom. The molecule has 6 N–H and O–H groups in total. The van der Waals surface area contributed by atoms with Crippen LogP contribution in [-0.4, -0.2) is 38.7 Å². The molecular weight excluding hydrogens is 464 g/mol. The van der Waals surface area contributed by atoms with Crippen LogP contribution < -0.4 is 16.0 Å². The van der Waals surface area contributed by atoms with Gasteiger partial charge < -0.3 is 15.3 Å². The third-order valence-electron chi connectivity index (χ3n) is 6.08. The van der Waals surface area contributed by atoms with Crippen molar-refractivity contribution in [3.8, 4) is 17.2 Å². The molecule has 0 aliphatic carbocycles. The number of hydrogen-bond donors (Lipinski definition) is 6. The molecule has 0 aliphatic heterocycles. The average molecular weight is 501 g/mol. The first-order valence-electron chi connectivity index (χ1n) is 11.6. The Labute approximate surface area is 214 Å². The standard InChI is InChI=1S/C27H36N4O3.ClH/c1-19(28-16-22-10-4-7-13-25(22)32)31(20(2)29-17-23-11-5-8-14-26(23)33)21(3)30-18-24-12-6-9-15-27(24)34;/h4-15,19-21,28-30,32-34H,16-18H2,1-3H3;1H. The van der Waals surface area contributed by atoms with Crippen LogP contribution in [0.1, 0.15) is 37.5 Å². The van der Waals surface area contributed by atoms with E-state index in [1.807, 2.05) is 54.6 Å². The fraction of sp³-hybridized carbons (Fsp3) is 0.333. The molecule has 35 heavy (non-hydrogen) atoms. The molecular formula is C27H37ClN4O3. The third-order valence-corrected chi connectivity index (χ3v) is 6.08. The highest BCUT2D eigenvalue weighted by atomic mass is 35.5. The predicted octanol–water partition coefficient (Wildman–Crippen LogP) is 4.23. The second kappa shape index (κ2) is 13.9. The van der Waals surface area contributed by atoms with Gasteiger partial charge in [-0.1, -0.05) is 54.6 Å². The molecule has 0 fully saturated rings. The summed E-state index contributed by atoms with van der Waals surface area (Å²) in [4.78, 5) is 2.25. The van der Waals surface area contributed by atoms with Crippen molar-refractivity contribution in [2.24, 2.45) is 0 Å². The van der Waals surface area contributed by atoms with E-state index in [4.69, 9.17) is 0 Å². The maximum absolute atomic E-state index is 10.1. The van der Waals surface area contributed by atoms with E-state index >= 15 is 0 Å². The van der Waals surface area contributed by atoms with E-state index in [0.717, 1.165) is 16.7 Å². The topological polar surface area (TPSA) is 100 Å². The van der Waals surface area contributed by atoms with Gasteiger partial charge in [0.2, 0.25) is 0 Å². The Morgan fingerprint density at radius 1 is 0.543 bits per heavy atom. The van der Waals surface area contributed by atoms with Crippen molar-refractivity contribution in [1.82, 2.24) is 20.9 Å². The number of rotatable bonds is 12. The number of phenols is 3. The van der Waals surface area contributed by atoms with Gasteiger partial charge in [0.1, 0.15) is 17.2 Å². The summed E-state index contributed by atoms with van der Waals surface area (Å²) >= 11 is 0. The highest BCUT2D eigenvalue weighted by Crippen LogP contribution is 2.19. The third kappa shape index (κ3) is 8.13. The summed E-state index contributed by atoms with van der Waals surface area (Å²) in [6, 6.07) is 21.9. The minimum Gasteiger partial charge on any atom is -0.508 e. The fourth-order valence-electron chi connectivity index (χ4n) is 4.08. The van der Waals surface area contributed by atoms with Crippen LogP contribution >= 0.6 is 12.4 Å². The second-order valence-electron chi connectivity index (χ2n) is 8.50. The van der Waals surface area contributed by atoms with Gasteiger partial charge in [0.25, 0.3) is 0 Å². The van der Waals surface area contributed by atoms with Crippen molar-refractivity contribution in [2.75, 3.05) is 0 Å². The van der Waals surface area contributed by atoms with E-state index in [-0.39, 0.29) is 48.2 Å². The lowest BCUT2D eigenvalue weighted by Gasteiger charge is -2.40. The van der Waals surface area contributed by atoms with Crippen molar-refractivity contribution in [3.63, 3.8) is 0 Å². The molecule has 0 aliphatic rings. The van der Waals surface area contributed by atoms with E-state index in [2.05, 4.69) is 41.6 Å². The maximum atomic E-state index is 10.1. The molecule has 0 spiro atoms. The Balaban J connectivity index is 0.00000432. The van der Waals surface area contributed by atoms with Crippen LogP contribution in [0, 0.1) is 0 Å².